The molecule has 0 saturated heterocycles. The number of halogens is 2. The van der Waals surface area contributed by atoms with Crippen molar-refractivity contribution in [3.05, 3.63) is 40.4 Å². The smallest absolute Gasteiger partial charge is 0.185 e. The highest BCUT2D eigenvalue weighted by atomic mass is 35.5. The predicted octanol–water partition coefficient (Wildman–Crippen LogP) is 4.06. The van der Waals surface area contributed by atoms with Gasteiger partial charge in [-0.15, -0.1) is 15.3 Å². The molecule has 136 valence electrons. The molecule has 0 radical (unpaired) electrons. The van der Waals surface area contributed by atoms with Gasteiger partial charge in [-0.3, -0.25) is 0 Å². The molecule has 1 saturated carbocycles. The zero-order valence-electron chi connectivity index (χ0n) is 14.1. The Morgan fingerprint density at radius 1 is 1.12 bits per heavy atom. The van der Waals surface area contributed by atoms with Crippen LogP contribution < -0.4 is 5.32 Å². The van der Waals surface area contributed by atoms with Crippen LogP contribution in [0.1, 0.15) is 25.7 Å². The van der Waals surface area contributed by atoms with E-state index in [-0.39, 0.29) is 6.10 Å². The summed E-state index contributed by atoms with van der Waals surface area (Å²) in [6.45, 7) is 0.476. The monoisotopic (exact) mass is 391 g/mol. The Bertz CT molecular complexity index is 903. The topological polar surface area (TPSA) is 75.3 Å². The van der Waals surface area contributed by atoms with Crippen LogP contribution in [0.4, 0.5) is 5.82 Å². The third-order valence-corrected chi connectivity index (χ3v) is 5.26. The molecule has 3 aromatic rings. The fourth-order valence-electron chi connectivity index (χ4n) is 3.46. The lowest BCUT2D eigenvalue weighted by Crippen LogP contribution is -2.27. The standard InChI is InChI=1S/C18H19Cl2N5O/c19-13-7-12(8-14(20)9-13)18-23-22-17-6-5-16(24-25(17)18)21-10-15(26)11-3-1-2-4-11/h5-9,11,15,26H,1-4,10H2,(H,21,24). The van der Waals surface area contributed by atoms with Gasteiger partial charge in [0, 0.05) is 22.2 Å². The van der Waals surface area contributed by atoms with Crippen LogP contribution in [0.3, 0.4) is 0 Å². The Hall–Kier alpha value is -1.89. The van der Waals surface area contributed by atoms with Crippen LogP contribution in [0.2, 0.25) is 10.0 Å². The minimum Gasteiger partial charge on any atom is -0.391 e. The van der Waals surface area contributed by atoms with Crippen molar-refractivity contribution >= 4 is 34.7 Å². The van der Waals surface area contributed by atoms with E-state index in [0.29, 0.717) is 39.8 Å². The minimum absolute atomic E-state index is 0.359. The number of benzene rings is 1. The van der Waals surface area contributed by atoms with E-state index < -0.39 is 0 Å². The number of aliphatic hydroxyl groups excluding tert-OH is 1. The summed E-state index contributed by atoms with van der Waals surface area (Å²) in [7, 11) is 0. The summed E-state index contributed by atoms with van der Waals surface area (Å²) in [5.74, 6) is 1.60. The minimum atomic E-state index is -0.359. The second kappa shape index (κ2) is 7.39. The molecule has 2 heterocycles. The predicted molar refractivity (Wildman–Crippen MR) is 103 cm³/mol. The molecule has 26 heavy (non-hydrogen) atoms. The van der Waals surface area contributed by atoms with Crippen molar-refractivity contribution < 1.29 is 5.11 Å². The molecule has 1 aliphatic carbocycles. The maximum Gasteiger partial charge on any atom is 0.185 e. The van der Waals surface area contributed by atoms with Gasteiger partial charge in [0.2, 0.25) is 0 Å². The van der Waals surface area contributed by atoms with Crippen molar-refractivity contribution in [1.29, 1.82) is 0 Å². The average Bonchev–Trinajstić information content (AvgIpc) is 3.28. The molecule has 1 fully saturated rings. The molecular formula is C18H19Cl2N5O. The van der Waals surface area contributed by atoms with Gasteiger partial charge < -0.3 is 10.4 Å². The van der Waals surface area contributed by atoms with Crippen LogP contribution in [0.15, 0.2) is 30.3 Å². The zero-order chi connectivity index (χ0) is 18.1. The first-order chi connectivity index (χ1) is 12.6. The Kier molecular flexibility index (Phi) is 4.98. The number of aromatic nitrogens is 4. The van der Waals surface area contributed by atoms with Gasteiger partial charge in [0.25, 0.3) is 0 Å². The van der Waals surface area contributed by atoms with Crippen LogP contribution in [0.5, 0.6) is 0 Å². The highest BCUT2D eigenvalue weighted by Crippen LogP contribution is 2.28. The van der Waals surface area contributed by atoms with E-state index in [9.17, 15) is 5.11 Å². The Labute approximate surface area is 161 Å². The SMILES string of the molecule is OC(CNc1ccc2nnc(-c3cc(Cl)cc(Cl)c3)n2n1)C1CCCC1. The van der Waals surface area contributed by atoms with E-state index in [4.69, 9.17) is 23.2 Å². The van der Waals surface area contributed by atoms with Crippen molar-refractivity contribution in [1.82, 2.24) is 19.8 Å². The fourth-order valence-corrected chi connectivity index (χ4v) is 3.99. The van der Waals surface area contributed by atoms with E-state index in [1.807, 2.05) is 12.1 Å². The molecule has 8 heteroatoms. The Morgan fingerprint density at radius 3 is 2.58 bits per heavy atom. The third-order valence-electron chi connectivity index (χ3n) is 4.82. The summed E-state index contributed by atoms with van der Waals surface area (Å²) in [6, 6.07) is 8.88. The van der Waals surface area contributed by atoms with E-state index >= 15 is 0 Å². The van der Waals surface area contributed by atoms with Crippen molar-refractivity contribution in [3.8, 4) is 11.4 Å². The molecule has 0 aliphatic heterocycles. The van der Waals surface area contributed by atoms with Crippen LogP contribution >= 0.6 is 23.2 Å². The van der Waals surface area contributed by atoms with Crippen LogP contribution in [0, 0.1) is 5.92 Å². The van der Waals surface area contributed by atoms with Crippen molar-refractivity contribution in [2.24, 2.45) is 5.92 Å². The number of hydrogen-bond donors (Lipinski definition) is 2. The summed E-state index contributed by atoms with van der Waals surface area (Å²) in [4.78, 5) is 0. The van der Waals surface area contributed by atoms with E-state index in [2.05, 4.69) is 20.6 Å². The summed E-state index contributed by atoms with van der Waals surface area (Å²) in [5.41, 5.74) is 1.36. The van der Waals surface area contributed by atoms with Gasteiger partial charge in [-0.1, -0.05) is 36.0 Å². The zero-order valence-corrected chi connectivity index (χ0v) is 15.6. The first-order valence-corrected chi connectivity index (χ1v) is 9.46. The first-order valence-electron chi connectivity index (χ1n) is 8.71. The second-order valence-corrected chi connectivity index (χ2v) is 7.54. The van der Waals surface area contributed by atoms with Crippen molar-refractivity contribution in [2.45, 2.75) is 31.8 Å². The normalized spacial score (nSPS) is 16.3. The lowest BCUT2D eigenvalue weighted by molar-refractivity contribution is 0.122. The van der Waals surface area contributed by atoms with Gasteiger partial charge in [0.15, 0.2) is 11.5 Å². The van der Waals surface area contributed by atoms with Gasteiger partial charge in [0.05, 0.1) is 6.10 Å². The van der Waals surface area contributed by atoms with Crippen LogP contribution in [-0.4, -0.2) is 37.6 Å². The summed E-state index contributed by atoms with van der Waals surface area (Å²) < 4.78 is 1.65. The maximum absolute atomic E-state index is 10.3. The molecule has 6 nitrogen and oxygen atoms in total. The summed E-state index contributed by atoms with van der Waals surface area (Å²) in [5, 5.41) is 27.5. The van der Waals surface area contributed by atoms with Gasteiger partial charge >= 0.3 is 0 Å². The molecule has 2 N–H and O–H groups in total. The fraction of sp³-hybridized carbons (Fsp3) is 0.389. The number of nitrogens with one attached hydrogen (secondary N) is 1. The van der Waals surface area contributed by atoms with E-state index in [1.165, 1.54) is 12.8 Å². The quantitative estimate of drug-likeness (QED) is 0.685. The molecule has 0 spiro atoms. The third kappa shape index (κ3) is 3.63. The van der Waals surface area contributed by atoms with Gasteiger partial charge in [0.1, 0.15) is 5.82 Å². The molecule has 1 unspecified atom stereocenters. The Balaban J connectivity index is 1.58. The van der Waals surface area contributed by atoms with E-state index in [0.717, 1.165) is 18.4 Å². The summed E-state index contributed by atoms with van der Waals surface area (Å²) in [6.07, 6.45) is 4.25. The molecule has 1 atom stereocenters. The molecule has 1 aromatic carbocycles. The molecule has 0 bridgehead atoms. The largest absolute Gasteiger partial charge is 0.391 e. The lowest BCUT2D eigenvalue weighted by atomic mass is 10.0. The number of rotatable bonds is 5. The summed E-state index contributed by atoms with van der Waals surface area (Å²) >= 11 is 12.2. The van der Waals surface area contributed by atoms with Crippen molar-refractivity contribution in [3.63, 3.8) is 0 Å². The van der Waals surface area contributed by atoms with Gasteiger partial charge in [-0.2, -0.15) is 4.52 Å². The first kappa shape index (κ1) is 17.5. The van der Waals surface area contributed by atoms with Gasteiger partial charge in [-0.25, -0.2) is 0 Å². The van der Waals surface area contributed by atoms with Crippen LogP contribution in [-0.2, 0) is 0 Å². The lowest BCUT2D eigenvalue weighted by Gasteiger charge is -2.18. The molecule has 2 aromatic heterocycles. The Morgan fingerprint density at radius 2 is 1.85 bits per heavy atom. The van der Waals surface area contributed by atoms with E-state index in [1.54, 1.807) is 22.7 Å². The van der Waals surface area contributed by atoms with Gasteiger partial charge in [-0.05, 0) is 49.1 Å². The molecule has 1 aliphatic rings. The number of fused-ring (bicyclic) bond motifs is 1. The average molecular weight is 392 g/mol. The highest BCUT2D eigenvalue weighted by molar-refractivity contribution is 6.35. The number of nitrogens with zero attached hydrogens (tertiary/aromatic N) is 4. The number of aliphatic hydroxyl groups is 1. The molecular weight excluding hydrogens is 373 g/mol. The number of hydrogen-bond acceptors (Lipinski definition) is 5. The van der Waals surface area contributed by atoms with Crippen LogP contribution in [0.25, 0.3) is 17.0 Å². The second-order valence-electron chi connectivity index (χ2n) is 6.66. The number of anilines is 1. The highest BCUT2D eigenvalue weighted by Gasteiger charge is 2.23. The maximum atomic E-state index is 10.3. The molecule has 0 amide bonds. The van der Waals surface area contributed by atoms with Crippen molar-refractivity contribution in [2.75, 3.05) is 11.9 Å². The molecule has 4 rings (SSSR count).